The second-order valence-electron chi connectivity index (χ2n) is 9.94. The molecule has 1 saturated heterocycles. The summed E-state index contributed by atoms with van der Waals surface area (Å²) < 4.78 is 39.6. The van der Waals surface area contributed by atoms with Gasteiger partial charge in [-0.3, -0.25) is 14.7 Å². The van der Waals surface area contributed by atoms with E-state index in [0.29, 0.717) is 25.3 Å². The van der Waals surface area contributed by atoms with Crippen molar-refractivity contribution in [2.24, 2.45) is 5.92 Å². The van der Waals surface area contributed by atoms with Crippen LogP contribution >= 0.6 is 11.3 Å². The molecule has 0 radical (unpaired) electrons. The number of fused-ring (bicyclic) bond motifs is 1. The Kier molecular flexibility index (Phi) is 6.91. The van der Waals surface area contributed by atoms with Crippen LogP contribution in [-0.4, -0.2) is 51.4 Å². The summed E-state index contributed by atoms with van der Waals surface area (Å²) in [5.74, 6) is 0.195. The molecule has 0 amide bonds. The molecule has 2 fully saturated rings. The smallest absolute Gasteiger partial charge is 0.384 e. The molecular formula is C26H26F3N5O2S. The predicted molar refractivity (Wildman–Crippen MR) is 133 cm³/mol. The molecule has 194 valence electrons. The van der Waals surface area contributed by atoms with Crippen molar-refractivity contribution in [1.82, 2.24) is 14.9 Å². The monoisotopic (exact) mass is 529 g/mol. The zero-order valence-electron chi connectivity index (χ0n) is 20.0. The van der Waals surface area contributed by atoms with Crippen LogP contribution in [0.1, 0.15) is 48.2 Å². The number of Topliss-reactive ketones (excluding diaryl/α,β-unsaturated/α-hetero) is 1. The quantitative estimate of drug-likeness (QED) is 0.457. The van der Waals surface area contributed by atoms with E-state index in [0.717, 1.165) is 42.9 Å². The van der Waals surface area contributed by atoms with Gasteiger partial charge in [-0.15, -0.1) is 11.3 Å². The van der Waals surface area contributed by atoms with Gasteiger partial charge in [-0.05, 0) is 55.9 Å². The number of nitrogens with one attached hydrogen (secondary N) is 1. The summed E-state index contributed by atoms with van der Waals surface area (Å²) in [6.07, 6.45) is 0.802. The number of aromatic nitrogens is 2. The highest BCUT2D eigenvalue weighted by atomic mass is 32.1. The van der Waals surface area contributed by atoms with E-state index in [1.807, 2.05) is 6.07 Å². The van der Waals surface area contributed by atoms with Crippen molar-refractivity contribution in [1.29, 1.82) is 5.26 Å². The third-order valence-corrected chi connectivity index (χ3v) is 8.38. The molecule has 7 nitrogen and oxygen atoms in total. The first-order valence-corrected chi connectivity index (χ1v) is 13.1. The maximum atomic E-state index is 13.2. The van der Waals surface area contributed by atoms with Gasteiger partial charge in [0, 0.05) is 42.8 Å². The first kappa shape index (κ1) is 25.6. The SMILES string of the molecule is N#Cc1cc(NCC(=O)CC2CN(C3CCC(O)(c4cncs4)CC3)C2)c2cc(C(F)(F)F)ccc2n1. The van der Waals surface area contributed by atoms with Crippen molar-refractivity contribution in [2.75, 3.05) is 25.0 Å². The number of pyridine rings is 1. The molecule has 37 heavy (non-hydrogen) atoms. The number of benzene rings is 1. The van der Waals surface area contributed by atoms with E-state index in [-0.39, 0.29) is 40.5 Å². The molecule has 0 atom stereocenters. The Hall–Kier alpha value is -3.07. The van der Waals surface area contributed by atoms with Crippen LogP contribution in [0.3, 0.4) is 0 Å². The second-order valence-corrected chi connectivity index (χ2v) is 10.8. The molecule has 0 unspecified atom stereocenters. The lowest BCUT2D eigenvalue weighted by molar-refractivity contribution is -0.137. The molecular weight excluding hydrogens is 503 g/mol. The number of carbonyl (C=O) groups excluding carboxylic acids is 1. The highest BCUT2D eigenvalue weighted by molar-refractivity contribution is 7.09. The van der Waals surface area contributed by atoms with Gasteiger partial charge in [-0.1, -0.05) is 0 Å². The molecule has 2 N–H and O–H groups in total. The first-order chi connectivity index (χ1) is 17.6. The van der Waals surface area contributed by atoms with E-state index in [9.17, 15) is 28.3 Å². The third-order valence-electron chi connectivity index (χ3n) is 7.42. The number of thiazole rings is 1. The number of nitriles is 1. The molecule has 3 aromatic rings. The summed E-state index contributed by atoms with van der Waals surface area (Å²) >= 11 is 1.48. The maximum Gasteiger partial charge on any atom is 0.416 e. The molecule has 1 saturated carbocycles. The van der Waals surface area contributed by atoms with Gasteiger partial charge in [-0.2, -0.15) is 18.4 Å². The second kappa shape index (κ2) is 10.0. The standard InChI is InChI=1S/C26H26F3N5O2S/c27-26(28,29)17-1-2-22-21(8-17)23(9-18(10-30)33-22)32-11-20(35)7-16-13-34(14-16)19-3-5-25(36,6-4-19)24-12-31-15-37-24/h1-2,8-9,12,15-16,19,36H,3-7,11,13-14H2,(H,32,33). The van der Waals surface area contributed by atoms with E-state index in [2.05, 4.69) is 20.2 Å². The van der Waals surface area contributed by atoms with Crippen LogP contribution in [0.5, 0.6) is 0 Å². The number of alkyl halides is 3. The highest BCUT2D eigenvalue weighted by Crippen LogP contribution is 2.41. The molecule has 11 heteroatoms. The number of likely N-dealkylation sites (tertiary alicyclic amines) is 1. The predicted octanol–water partition coefficient (Wildman–Crippen LogP) is 4.72. The highest BCUT2D eigenvalue weighted by Gasteiger charge is 2.41. The van der Waals surface area contributed by atoms with E-state index >= 15 is 0 Å². The Labute approximate surface area is 216 Å². The topological polar surface area (TPSA) is 102 Å². The van der Waals surface area contributed by atoms with E-state index < -0.39 is 17.3 Å². The van der Waals surface area contributed by atoms with Gasteiger partial charge in [-0.25, -0.2) is 4.98 Å². The van der Waals surface area contributed by atoms with Gasteiger partial charge in [0.25, 0.3) is 0 Å². The van der Waals surface area contributed by atoms with Gasteiger partial charge in [0.2, 0.25) is 0 Å². The zero-order chi connectivity index (χ0) is 26.2. The van der Waals surface area contributed by atoms with Crippen molar-refractivity contribution in [3.63, 3.8) is 0 Å². The van der Waals surface area contributed by atoms with Crippen molar-refractivity contribution in [3.8, 4) is 6.07 Å². The first-order valence-electron chi connectivity index (χ1n) is 12.2. The number of hydrogen-bond acceptors (Lipinski definition) is 8. The van der Waals surface area contributed by atoms with Gasteiger partial charge in [0.05, 0.1) is 28.0 Å². The zero-order valence-corrected chi connectivity index (χ0v) is 20.8. The summed E-state index contributed by atoms with van der Waals surface area (Å²) in [7, 11) is 0. The summed E-state index contributed by atoms with van der Waals surface area (Å²) in [5.41, 5.74) is 0.742. The van der Waals surface area contributed by atoms with Crippen LogP contribution in [0.2, 0.25) is 0 Å². The minimum absolute atomic E-state index is 0.0386. The fourth-order valence-electron chi connectivity index (χ4n) is 5.37. The van der Waals surface area contributed by atoms with Gasteiger partial charge < -0.3 is 10.4 Å². The number of aliphatic hydroxyl groups is 1. The van der Waals surface area contributed by atoms with Crippen molar-refractivity contribution in [2.45, 2.75) is 49.9 Å². The van der Waals surface area contributed by atoms with Crippen LogP contribution in [0, 0.1) is 17.2 Å². The van der Waals surface area contributed by atoms with Gasteiger partial charge in [0.15, 0.2) is 5.78 Å². The minimum atomic E-state index is -4.51. The van der Waals surface area contributed by atoms with E-state index in [1.165, 1.54) is 23.5 Å². The average Bonchev–Trinajstić information content (AvgIpc) is 3.40. The molecule has 2 aliphatic rings. The number of rotatable bonds is 7. The molecule has 3 heterocycles. The minimum Gasteiger partial charge on any atom is -0.384 e. The third kappa shape index (κ3) is 5.46. The van der Waals surface area contributed by atoms with Crippen LogP contribution < -0.4 is 5.32 Å². The van der Waals surface area contributed by atoms with Crippen LogP contribution in [0.25, 0.3) is 10.9 Å². The molecule has 1 aliphatic heterocycles. The van der Waals surface area contributed by atoms with Gasteiger partial charge in [0.1, 0.15) is 17.4 Å². The lowest BCUT2D eigenvalue weighted by atomic mass is 9.79. The Balaban J connectivity index is 1.14. The summed E-state index contributed by atoms with van der Waals surface area (Å²) in [5, 5.41) is 23.3. The number of carbonyl (C=O) groups is 1. The van der Waals surface area contributed by atoms with E-state index in [1.54, 1.807) is 11.7 Å². The lowest BCUT2D eigenvalue weighted by Crippen LogP contribution is -2.54. The molecule has 2 aromatic heterocycles. The normalized spacial score (nSPS) is 22.9. The molecule has 1 aliphatic carbocycles. The summed E-state index contributed by atoms with van der Waals surface area (Å²) in [6, 6.07) is 6.83. The van der Waals surface area contributed by atoms with Gasteiger partial charge >= 0.3 is 6.18 Å². The number of hydrogen-bond donors (Lipinski definition) is 2. The Morgan fingerprint density at radius 3 is 2.68 bits per heavy atom. The largest absolute Gasteiger partial charge is 0.416 e. The van der Waals surface area contributed by atoms with E-state index in [4.69, 9.17) is 0 Å². The molecule has 1 aromatic carbocycles. The summed E-state index contributed by atoms with van der Waals surface area (Å²) in [6.45, 7) is 1.60. The Bertz CT molecular complexity index is 1320. The van der Waals surface area contributed by atoms with Crippen LogP contribution in [0.15, 0.2) is 36.0 Å². The number of halogens is 3. The van der Waals surface area contributed by atoms with Crippen LogP contribution in [0.4, 0.5) is 18.9 Å². The Morgan fingerprint density at radius 2 is 2.03 bits per heavy atom. The number of ketones is 1. The average molecular weight is 530 g/mol. The molecule has 5 rings (SSSR count). The van der Waals surface area contributed by atoms with Crippen molar-refractivity contribution in [3.05, 3.63) is 52.1 Å². The van der Waals surface area contributed by atoms with Crippen LogP contribution in [-0.2, 0) is 16.6 Å². The summed E-state index contributed by atoms with van der Waals surface area (Å²) in [4.78, 5) is 24.1. The lowest BCUT2D eigenvalue weighted by Gasteiger charge is -2.48. The van der Waals surface area contributed by atoms with Crippen molar-refractivity contribution >= 4 is 33.7 Å². The Morgan fingerprint density at radius 1 is 1.27 bits per heavy atom. The fourth-order valence-corrected chi connectivity index (χ4v) is 6.15. The number of nitrogens with zero attached hydrogens (tertiary/aromatic N) is 4. The van der Waals surface area contributed by atoms with Crippen molar-refractivity contribution < 1.29 is 23.1 Å². The molecule has 0 bridgehead atoms. The molecule has 0 spiro atoms. The fraction of sp³-hybridized carbons (Fsp3) is 0.462. The number of anilines is 1. The maximum absolute atomic E-state index is 13.2.